The van der Waals surface area contributed by atoms with E-state index in [-0.39, 0.29) is 18.8 Å². The molecule has 0 heterocycles. The molecule has 13 heavy (non-hydrogen) atoms. The van der Waals surface area contributed by atoms with Crippen LogP contribution in [0.5, 0.6) is 0 Å². The third-order valence-electron chi connectivity index (χ3n) is 1.96. The maximum atomic E-state index is 11.9. The van der Waals surface area contributed by atoms with Crippen molar-refractivity contribution in [2.75, 3.05) is 7.11 Å². The molecule has 1 aliphatic carbocycles. The fourth-order valence-corrected chi connectivity index (χ4v) is 1.10. The van der Waals surface area contributed by atoms with Gasteiger partial charge in [-0.1, -0.05) is 0 Å². The summed E-state index contributed by atoms with van der Waals surface area (Å²) >= 11 is 0. The number of alkyl halides is 3. The van der Waals surface area contributed by atoms with Crippen molar-refractivity contribution in [2.45, 2.75) is 18.1 Å². The molecule has 0 radical (unpaired) electrons. The van der Waals surface area contributed by atoms with Gasteiger partial charge >= 0.3 is 12.1 Å². The highest BCUT2D eigenvalue weighted by atomic mass is 35.5. The number of esters is 1. The van der Waals surface area contributed by atoms with Gasteiger partial charge in [-0.3, -0.25) is 4.79 Å². The van der Waals surface area contributed by atoms with Gasteiger partial charge < -0.3 is 10.5 Å². The number of carbonyl (C=O) groups is 1. The van der Waals surface area contributed by atoms with Crippen LogP contribution in [-0.4, -0.2) is 24.8 Å². The molecule has 0 amide bonds. The Balaban J connectivity index is 0.00000144. The highest BCUT2D eigenvalue weighted by molar-refractivity contribution is 5.85. The molecule has 1 fully saturated rings. The summed E-state index contributed by atoms with van der Waals surface area (Å²) in [5, 5.41) is 0. The molecular formula is C6H9ClF3NO2. The minimum atomic E-state index is -4.40. The number of nitrogens with two attached hydrogens (primary N) is 1. The molecule has 3 nitrogen and oxygen atoms in total. The maximum absolute atomic E-state index is 11.9. The van der Waals surface area contributed by atoms with Gasteiger partial charge in [0.1, 0.15) is 5.54 Å². The third kappa shape index (κ3) is 2.05. The van der Waals surface area contributed by atoms with Crippen LogP contribution in [-0.2, 0) is 9.53 Å². The maximum Gasteiger partial charge on any atom is 0.394 e. The number of hydrogen-bond donors (Lipinski definition) is 1. The standard InChI is InChI=1S/C6H8F3NO2.ClH/c1-12-4(11)5(10)2-3(5)6(7,8)9;/h3H,2,10H2,1H3;1H/t3-,5-;/m0./s1. The van der Waals surface area contributed by atoms with E-state index in [1.807, 2.05) is 0 Å². The average Bonchev–Trinajstić information content (AvgIpc) is 2.61. The molecule has 1 aliphatic rings. The zero-order valence-electron chi connectivity index (χ0n) is 6.72. The van der Waals surface area contributed by atoms with Gasteiger partial charge in [0, 0.05) is 0 Å². The smallest absolute Gasteiger partial charge is 0.394 e. The van der Waals surface area contributed by atoms with Crippen molar-refractivity contribution in [1.29, 1.82) is 0 Å². The largest absolute Gasteiger partial charge is 0.468 e. The summed E-state index contributed by atoms with van der Waals surface area (Å²) in [6.45, 7) is 0. The fourth-order valence-electron chi connectivity index (χ4n) is 1.10. The van der Waals surface area contributed by atoms with Gasteiger partial charge in [0.2, 0.25) is 0 Å². The lowest BCUT2D eigenvalue weighted by Crippen LogP contribution is -2.39. The number of ether oxygens (including phenoxy) is 1. The Kier molecular flexibility index (Phi) is 3.21. The van der Waals surface area contributed by atoms with Crippen molar-refractivity contribution >= 4 is 18.4 Å². The number of methoxy groups -OCH3 is 1. The Bertz CT molecular complexity index is 220. The van der Waals surface area contributed by atoms with E-state index in [1.165, 1.54) is 0 Å². The molecule has 78 valence electrons. The monoisotopic (exact) mass is 219 g/mol. The van der Waals surface area contributed by atoms with Crippen molar-refractivity contribution in [3.63, 3.8) is 0 Å². The minimum Gasteiger partial charge on any atom is -0.468 e. The average molecular weight is 220 g/mol. The summed E-state index contributed by atoms with van der Waals surface area (Å²) in [4.78, 5) is 10.7. The first-order chi connectivity index (χ1) is 5.32. The molecule has 0 aliphatic heterocycles. The van der Waals surface area contributed by atoms with E-state index in [2.05, 4.69) is 4.74 Å². The highest BCUT2D eigenvalue weighted by Crippen LogP contribution is 2.52. The van der Waals surface area contributed by atoms with E-state index >= 15 is 0 Å². The lowest BCUT2D eigenvalue weighted by Gasteiger charge is -2.10. The van der Waals surface area contributed by atoms with E-state index < -0.39 is 23.6 Å². The van der Waals surface area contributed by atoms with E-state index in [0.29, 0.717) is 0 Å². The molecular weight excluding hydrogens is 211 g/mol. The highest BCUT2D eigenvalue weighted by Gasteiger charge is 2.69. The van der Waals surface area contributed by atoms with Gasteiger partial charge in [0.25, 0.3) is 0 Å². The molecule has 0 aromatic heterocycles. The predicted octanol–water partition coefficient (Wildman–Crippen LogP) is 0.861. The van der Waals surface area contributed by atoms with Gasteiger partial charge in [-0.05, 0) is 6.42 Å². The van der Waals surface area contributed by atoms with Crippen molar-refractivity contribution < 1.29 is 22.7 Å². The van der Waals surface area contributed by atoms with Crippen LogP contribution in [0.3, 0.4) is 0 Å². The predicted molar refractivity (Wildman–Crippen MR) is 40.3 cm³/mol. The molecule has 0 saturated heterocycles. The first kappa shape index (κ1) is 12.5. The van der Waals surface area contributed by atoms with Crippen LogP contribution < -0.4 is 5.73 Å². The number of rotatable bonds is 1. The van der Waals surface area contributed by atoms with Crippen LogP contribution in [0.4, 0.5) is 13.2 Å². The summed E-state index contributed by atoms with van der Waals surface area (Å²) < 4.78 is 40.0. The molecule has 0 aromatic carbocycles. The molecule has 1 rings (SSSR count). The van der Waals surface area contributed by atoms with Crippen LogP contribution in [0.25, 0.3) is 0 Å². The van der Waals surface area contributed by atoms with Crippen molar-refractivity contribution in [3.05, 3.63) is 0 Å². The van der Waals surface area contributed by atoms with Gasteiger partial charge in [-0.2, -0.15) is 13.2 Å². The molecule has 0 spiro atoms. The second-order valence-corrected chi connectivity index (χ2v) is 2.83. The van der Waals surface area contributed by atoms with Crippen molar-refractivity contribution in [1.82, 2.24) is 0 Å². The van der Waals surface area contributed by atoms with Crippen molar-refractivity contribution in [3.8, 4) is 0 Å². The second kappa shape index (κ2) is 3.34. The van der Waals surface area contributed by atoms with Crippen LogP contribution in [0, 0.1) is 5.92 Å². The molecule has 0 aromatic rings. The summed E-state index contributed by atoms with van der Waals surface area (Å²) in [7, 11) is 1.02. The van der Waals surface area contributed by atoms with E-state index in [4.69, 9.17) is 5.73 Å². The SMILES string of the molecule is COC(=O)[C@]1(N)C[C@@H]1C(F)(F)F.Cl. The Labute approximate surface area is 78.8 Å². The van der Waals surface area contributed by atoms with Crippen LogP contribution in [0.1, 0.15) is 6.42 Å². The zero-order valence-corrected chi connectivity index (χ0v) is 7.54. The molecule has 2 atom stereocenters. The first-order valence-electron chi connectivity index (χ1n) is 3.26. The lowest BCUT2D eigenvalue weighted by molar-refractivity contribution is -0.163. The van der Waals surface area contributed by atoms with Crippen LogP contribution in [0.15, 0.2) is 0 Å². The Morgan fingerprint density at radius 1 is 1.62 bits per heavy atom. The molecule has 1 saturated carbocycles. The second-order valence-electron chi connectivity index (χ2n) is 2.83. The number of hydrogen-bond acceptors (Lipinski definition) is 3. The summed E-state index contributed by atoms with van der Waals surface area (Å²) in [5.41, 5.74) is 3.31. The van der Waals surface area contributed by atoms with Gasteiger partial charge in [-0.15, -0.1) is 12.4 Å². The van der Waals surface area contributed by atoms with E-state index in [1.54, 1.807) is 0 Å². The summed E-state index contributed by atoms with van der Waals surface area (Å²) in [5.74, 6) is -2.73. The quantitative estimate of drug-likeness (QED) is 0.666. The van der Waals surface area contributed by atoms with E-state index in [0.717, 1.165) is 7.11 Å². The fraction of sp³-hybridized carbons (Fsp3) is 0.833. The molecule has 0 unspecified atom stereocenters. The third-order valence-corrected chi connectivity index (χ3v) is 1.96. The van der Waals surface area contributed by atoms with Gasteiger partial charge in [0.05, 0.1) is 13.0 Å². The molecule has 2 N–H and O–H groups in total. The van der Waals surface area contributed by atoms with Crippen LogP contribution in [0.2, 0.25) is 0 Å². The first-order valence-corrected chi connectivity index (χ1v) is 3.26. The zero-order chi connectivity index (χ0) is 9.57. The number of halogens is 4. The van der Waals surface area contributed by atoms with Crippen molar-refractivity contribution in [2.24, 2.45) is 11.7 Å². The van der Waals surface area contributed by atoms with Gasteiger partial charge in [0.15, 0.2) is 0 Å². The summed E-state index contributed by atoms with van der Waals surface area (Å²) in [6.07, 6.45) is -4.77. The van der Waals surface area contributed by atoms with Gasteiger partial charge in [-0.25, -0.2) is 0 Å². The Morgan fingerprint density at radius 2 is 2.08 bits per heavy atom. The Morgan fingerprint density at radius 3 is 2.31 bits per heavy atom. The topological polar surface area (TPSA) is 52.3 Å². The molecule has 7 heteroatoms. The van der Waals surface area contributed by atoms with E-state index in [9.17, 15) is 18.0 Å². The lowest BCUT2D eigenvalue weighted by atomic mass is 10.2. The normalized spacial score (nSPS) is 31.9. The Hall–Kier alpha value is -0.490. The summed E-state index contributed by atoms with van der Waals surface area (Å²) in [6, 6.07) is 0. The molecule has 0 bridgehead atoms. The van der Waals surface area contributed by atoms with Crippen LogP contribution >= 0.6 is 12.4 Å². The number of carbonyl (C=O) groups excluding carboxylic acids is 1. The minimum absolute atomic E-state index is 0.